The molecule has 0 spiro atoms. The molecule has 2 aromatic rings. The van der Waals surface area contributed by atoms with Gasteiger partial charge in [-0.15, -0.1) is 0 Å². The van der Waals surface area contributed by atoms with Gasteiger partial charge < -0.3 is 9.42 Å². The van der Waals surface area contributed by atoms with Gasteiger partial charge in [-0.25, -0.2) is 4.57 Å². The molecular formula is C17H21O3P. The fourth-order valence-corrected chi connectivity index (χ4v) is 3.44. The Labute approximate surface area is 126 Å². The molecule has 0 aliphatic carbocycles. The Hall–Kier alpha value is -1.57. The van der Waals surface area contributed by atoms with E-state index >= 15 is 0 Å². The van der Waals surface area contributed by atoms with E-state index in [1.807, 2.05) is 56.3 Å². The Morgan fingerprint density at radius 1 is 1.10 bits per heavy atom. The maximum Gasteiger partial charge on any atom is 0.376 e. The van der Waals surface area contributed by atoms with Crippen molar-refractivity contribution < 1.29 is 14.0 Å². The van der Waals surface area contributed by atoms with Gasteiger partial charge in [-0.1, -0.05) is 49.7 Å². The average Bonchev–Trinajstić information content (AvgIpc) is 2.48. The van der Waals surface area contributed by atoms with Crippen LogP contribution >= 0.6 is 7.60 Å². The average molecular weight is 304 g/mol. The molecule has 3 nitrogen and oxygen atoms in total. The molecule has 1 atom stereocenters. The van der Waals surface area contributed by atoms with Crippen molar-refractivity contribution >= 4 is 7.60 Å². The molecule has 1 unspecified atom stereocenters. The van der Waals surface area contributed by atoms with Crippen molar-refractivity contribution in [3.8, 4) is 16.9 Å². The van der Waals surface area contributed by atoms with Gasteiger partial charge in [0.2, 0.25) is 0 Å². The summed E-state index contributed by atoms with van der Waals surface area (Å²) >= 11 is 0. The highest BCUT2D eigenvalue weighted by atomic mass is 31.2. The van der Waals surface area contributed by atoms with Crippen LogP contribution in [0.25, 0.3) is 11.1 Å². The predicted octanol–water partition coefficient (Wildman–Crippen LogP) is 5.03. The molecule has 1 N–H and O–H groups in total. The highest BCUT2D eigenvalue weighted by molar-refractivity contribution is 7.53. The van der Waals surface area contributed by atoms with Crippen LogP contribution in [0.2, 0.25) is 0 Å². The lowest BCUT2D eigenvalue weighted by atomic mass is 10.0. The molecule has 2 aromatic carbocycles. The summed E-state index contributed by atoms with van der Waals surface area (Å²) < 4.78 is 17.3. The van der Waals surface area contributed by atoms with E-state index in [2.05, 4.69) is 0 Å². The highest BCUT2D eigenvalue weighted by Gasteiger charge is 2.20. The molecule has 0 amide bonds. The van der Waals surface area contributed by atoms with Crippen molar-refractivity contribution in [2.24, 2.45) is 0 Å². The van der Waals surface area contributed by atoms with Crippen molar-refractivity contribution in [1.82, 2.24) is 0 Å². The first kappa shape index (κ1) is 15.8. The van der Waals surface area contributed by atoms with E-state index in [0.717, 1.165) is 23.1 Å². The molecule has 112 valence electrons. The fourth-order valence-electron chi connectivity index (χ4n) is 2.12. The van der Waals surface area contributed by atoms with E-state index in [9.17, 15) is 9.46 Å². The molecule has 0 heterocycles. The molecule has 2 rings (SSSR count). The van der Waals surface area contributed by atoms with E-state index in [1.54, 1.807) is 6.07 Å². The Morgan fingerprint density at radius 2 is 1.81 bits per heavy atom. The molecule has 0 bridgehead atoms. The highest BCUT2D eigenvalue weighted by Crippen LogP contribution is 2.44. The van der Waals surface area contributed by atoms with Gasteiger partial charge in [0.05, 0.1) is 6.16 Å². The van der Waals surface area contributed by atoms with Crippen molar-refractivity contribution in [3.05, 3.63) is 54.1 Å². The normalized spacial score (nSPS) is 13.7. The van der Waals surface area contributed by atoms with Crippen LogP contribution in [-0.4, -0.2) is 11.1 Å². The molecule has 0 saturated heterocycles. The molecule has 0 aliphatic rings. The van der Waals surface area contributed by atoms with Gasteiger partial charge in [0.15, 0.2) is 0 Å². The predicted molar refractivity (Wildman–Crippen MR) is 86.8 cm³/mol. The van der Waals surface area contributed by atoms with Crippen molar-refractivity contribution in [1.29, 1.82) is 0 Å². The molecular weight excluding hydrogens is 283 g/mol. The second-order valence-corrected chi connectivity index (χ2v) is 7.06. The first-order valence-electron chi connectivity index (χ1n) is 7.19. The number of benzene rings is 2. The summed E-state index contributed by atoms with van der Waals surface area (Å²) in [5.41, 5.74) is 3.05. The zero-order valence-electron chi connectivity index (χ0n) is 12.5. The van der Waals surface area contributed by atoms with Gasteiger partial charge in [0, 0.05) is 0 Å². The van der Waals surface area contributed by atoms with Gasteiger partial charge in [-0.3, -0.25) is 0 Å². The second kappa shape index (κ2) is 6.93. The van der Waals surface area contributed by atoms with Crippen LogP contribution in [0, 0.1) is 6.92 Å². The van der Waals surface area contributed by atoms with Crippen LogP contribution in [0.4, 0.5) is 0 Å². The van der Waals surface area contributed by atoms with Crippen LogP contribution in [-0.2, 0) is 4.57 Å². The monoisotopic (exact) mass is 304 g/mol. The minimum atomic E-state index is -3.54. The Bertz CT molecular complexity index is 638. The maximum atomic E-state index is 12.0. The molecule has 0 saturated carbocycles. The zero-order valence-corrected chi connectivity index (χ0v) is 13.3. The summed E-state index contributed by atoms with van der Waals surface area (Å²) in [5, 5.41) is 0. The summed E-state index contributed by atoms with van der Waals surface area (Å²) in [4.78, 5) is 9.84. The fraction of sp³-hybridized carbons (Fsp3) is 0.294. The van der Waals surface area contributed by atoms with Gasteiger partial charge in [-0.05, 0) is 42.2 Å². The first-order chi connectivity index (χ1) is 10.0. The lowest BCUT2D eigenvalue weighted by molar-refractivity contribution is 0.377. The van der Waals surface area contributed by atoms with Crippen LogP contribution < -0.4 is 4.52 Å². The summed E-state index contributed by atoms with van der Waals surface area (Å²) in [5.74, 6) is 0.483. The molecule has 0 fully saturated rings. The number of hydrogen-bond acceptors (Lipinski definition) is 2. The van der Waals surface area contributed by atoms with E-state index in [4.69, 9.17) is 4.52 Å². The van der Waals surface area contributed by atoms with Crippen molar-refractivity contribution in [2.45, 2.75) is 26.7 Å². The lowest BCUT2D eigenvalue weighted by Crippen LogP contribution is -1.98. The topological polar surface area (TPSA) is 46.5 Å². The molecule has 21 heavy (non-hydrogen) atoms. The van der Waals surface area contributed by atoms with Crippen molar-refractivity contribution in [2.75, 3.05) is 6.16 Å². The maximum absolute atomic E-state index is 12.0. The molecule has 4 heteroatoms. The number of aryl methyl sites for hydroxylation is 1. The zero-order chi connectivity index (χ0) is 15.3. The summed E-state index contributed by atoms with van der Waals surface area (Å²) in [6.45, 7) is 3.88. The van der Waals surface area contributed by atoms with Crippen LogP contribution in [0.3, 0.4) is 0 Å². The Kier molecular flexibility index (Phi) is 5.22. The SMILES string of the molecule is CCCCP(=O)(O)Oc1ccc(-c2ccccc2)cc1C. The minimum absolute atomic E-state index is 0.198. The third-order valence-corrected chi connectivity index (χ3v) is 4.68. The smallest absolute Gasteiger partial charge is 0.376 e. The summed E-state index contributed by atoms with van der Waals surface area (Å²) in [7, 11) is -3.54. The summed E-state index contributed by atoms with van der Waals surface area (Å²) in [6.07, 6.45) is 1.76. The lowest BCUT2D eigenvalue weighted by Gasteiger charge is -2.15. The third kappa shape index (κ3) is 4.45. The largest absolute Gasteiger partial charge is 0.424 e. The van der Waals surface area contributed by atoms with Crippen LogP contribution in [0.5, 0.6) is 5.75 Å². The van der Waals surface area contributed by atoms with Crippen LogP contribution in [0.1, 0.15) is 25.3 Å². The van der Waals surface area contributed by atoms with Crippen molar-refractivity contribution in [3.63, 3.8) is 0 Å². The third-order valence-electron chi connectivity index (χ3n) is 3.32. The quantitative estimate of drug-likeness (QED) is 0.762. The first-order valence-corrected chi connectivity index (χ1v) is 8.95. The molecule has 0 aromatic heterocycles. The summed E-state index contributed by atoms with van der Waals surface area (Å²) in [6, 6.07) is 15.7. The van der Waals surface area contributed by atoms with E-state index in [-0.39, 0.29) is 6.16 Å². The van der Waals surface area contributed by atoms with Gasteiger partial charge in [-0.2, -0.15) is 0 Å². The molecule has 0 aliphatic heterocycles. The standard InChI is InChI=1S/C17H21O3P/c1-3-4-12-21(18,19)20-17-11-10-16(13-14(17)2)15-8-6-5-7-9-15/h5-11,13H,3-4,12H2,1-2H3,(H,18,19). The second-order valence-electron chi connectivity index (χ2n) is 5.15. The van der Waals surface area contributed by atoms with Gasteiger partial charge >= 0.3 is 7.60 Å². The number of hydrogen-bond donors (Lipinski definition) is 1. The number of unbranched alkanes of at least 4 members (excludes halogenated alkanes) is 1. The van der Waals surface area contributed by atoms with Crippen LogP contribution in [0.15, 0.2) is 48.5 Å². The van der Waals surface area contributed by atoms with Gasteiger partial charge in [0.25, 0.3) is 0 Å². The number of rotatable bonds is 6. The van der Waals surface area contributed by atoms with E-state index < -0.39 is 7.60 Å². The molecule has 0 radical (unpaired) electrons. The Balaban J connectivity index is 2.18. The Morgan fingerprint density at radius 3 is 2.43 bits per heavy atom. The van der Waals surface area contributed by atoms with E-state index in [0.29, 0.717) is 12.2 Å². The minimum Gasteiger partial charge on any atom is -0.424 e. The van der Waals surface area contributed by atoms with Gasteiger partial charge in [0.1, 0.15) is 5.75 Å². The van der Waals surface area contributed by atoms with E-state index in [1.165, 1.54) is 0 Å².